The van der Waals surface area contributed by atoms with Crippen molar-refractivity contribution in [3.8, 4) is 12.1 Å². The van der Waals surface area contributed by atoms with E-state index in [9.17, 15) is 5.26 Å². The van der Waals surface area contributed by atoms with Crippen LogP contribution in [0.1, 0.15) is 16.7 Å². The van der Waals surface area contributed by atoms with Crippen LogP contribution in [0.25, 0.3) is 11.6 Å². The quantitative estimate of drug-likeness (QED) is 0.610. The Bertz CT molecular complexity index is 701. The van der Waals surface area contributed by atoms with Crippen molar-refractivity contribution in [1.29, 1.82) is 10.5 Å². The molecule has 0 aliphatic rings. The summed E-state index contributed by atoms with van der Waals surface area (Å²) in [5.74, 6) is 0. The normalized spacial score (nSPS) is 10.6. The molecule has 2 rings (SSSR count). The van der Waals surface area contributed by atoms with Crippen molar-refractivity contribution in [2.75, 3.05) is 0 Å². The molecule has 0 aliphatic heterocycles. The Morgan fingerprint density at radius 2 is 1.79 bits per heavy atom. The van der Waals surface area contributed by atoms with E-state index in [1.807, 2.05) is 30.3 Å². The second kappa shape index (κ2) is 6.00. The number of nitriles is 2. The van der Waals surface area contributed by atoms with E-state index in [-0.39, 0.29) is 0 Å². The monoisotopic (exact) mass is 308 g/mol. The van der Waals surface area contributed by atoms with Crippen molar-refractivity contribution in [2.45, 2.75) is 0 Å². The molecule has 0 aliphatic carbocycles. The van der Waals surface area contributed by atoms with Gasteiger partial charge in [0.25, 0.3) is 0 Å². The van der Waals surface area contributed by atoms with Gasteiger partial charge in [-0.05, 0) is 41.5 Å². The van der Waals surface area contributed by atoms with Crippen LogP contribution in [-0.2, 0) is 0 Å². The summed E-state index contributed by atoms with van der Waals surface area (Å²) < 4.78 is 0.971. The van der Waals surface area contributed by atoms with Crippen LogP contribution >= 0.6 is 15.9 Å². The fourth-order valence-electron chi connectivity index (χ4n) is 1.67. The number of allylic oxidation sites excluding steroid dienone is 1. The van der Waals surface area contributed by atoms with Crippen LogP contribution in [0.3, 0.4) is 0 Å². The maximum Gasteiger partial charge on any atom is 0.0998 e. The van der Waals surface area contributed by atoms with E-state index in [2.05, 4.69) is 28.1 Å². The van der Waals surface area contributed by atoms with E-state index in [1.165, 1.54) is 0 Å². The van der Waals surface area contributed by atoms with E-state index in [0.717, 1.165) is 15.6 Å². The van der Waals surface area contributed by atoms with E-state index >= 15 is 0 Å². The van der Waals surface area contributed by atoms with E-state index in [0.29, 0.717) is 11.1 Å². The maximum atomic E-state index is 9.24. The first-order valence-electron chi connectivity index (χ1n) is 5.61. The first-order chi connectivity index (χ1) is 9.22. The number of halogens is 1. The molecule has 0 unspecified atom stereocenters. The lowest BCUT2D eigenvalue weighted by Gasteiger charge is -2.00. The molecule has 2 nitrogen and oxygen atoms in total. The molecule has 0 saturated heterocycles. The van der Waals surface area contributed by atoms with E-state index in [4.69, 9.17) is 5.26 Å². The lowest BCUT2D eigenvalue weighted by molar-refractivity contribution is 1.47. The molecular weight excluding hydrogens is 300 g/mol. The SMILES string of the molecule is N#C/C(=C/c1cccc(Br)c1)c1ccc(C#N)cc1. The third-order valence-electron chi connectivity index (χ3n) is 2.61. The number of hydrogen-bond acceptors (Lipinski definition) is 2. The minimum absolute atomic E-state index is 0.572. The van der Waals surface area contributed by atoms with Gasteiger partial charge in [-0.3, -0.25) is 0 Å². The summed E-state index contributed by atoms with van der Waals surface area (Å²) in [6.07, 6.45) is 1.83. The predicted molar refractivity (Wildman–Crippen MR) is 78.8 cm³/mol. The Morgan fingerprint density at radius 3 is 2.37 bits per heavy atom. The van der Waals surface area contributed by atoms with Gasteiger partial charge in [0.1, 0.15) is 0 Å². The van der Waals surface area contributed by atoms with Crippen LogP contribution in [0, 0.1) is 22.7 Å². The van der Waals surface area contributed by atoms with Gasteiger partial charge in [-0.15, -0.1) is 0 Å². The largest absolute Gasteiger partial charge is 0.192 e. The van der Waals surface area contributed by atoms with Crippen LogP contribution in [0.4, 0.5) is 0 Å². The molecule has 0 heterocycles. The van der Waals surface area contributed by atoms with Crippen molar-refractivity contribution >= 4 is 27.6 Å². The topological polar surface area (TPSA) is 47.6 Å². The van der Waals surface area contributed by atoms with Gasteiger partial charge in [0.2, 0.25) is 0 Å². The van der Waals surface area contributed by atoms with Gasteiger partial charge in [-0.25, -0.2) is 0 Å². The summed E-state index contributed by atoms with van der Waals surface area (Å²) >= 11 is 3.40. The highest BCUT2D eigenvalue weighted by Crippen LogP contribution is 2.20. The molecule has 0 saturated carbocycles. The maximum absolute atomic E-state index is 9.24. The third kappa shape index (κ3) is 3.31. The Balaban J connectivity index is 2.40. The molecule has 2 aromatic carbocycles. The molecule has 0 spiro atoms. The van der Waals surface area contributed by atoms with Crippen molar-refractivity contribution in [3.63, 3.8) is 0 Å². The molecule has 19 heavy (non-hydrogen) atoms. The highest BCUT2D eigenvalue weighted by atomic mass is 79.9. The van der Waals surface area contributed by atoms with Crippen molar-refractivity contribution in [2.24, 2.45) is 0 Å². The van der Waals surface area contributed by atoms with Gasteiger partial charge in [0, 0.05) is 4.47 Å². The number of rotatable bonds is 2. The Labute approximate surface area is 120 Å². The fraction of sp³-hybridized carbons (Fsp3) is 0. The predicted octanol–water partition coefficient (Wildman–Crippen LogP) is 4.38. The first-order valence-corrected chi connectivity index (χ1v) is 6.40. The molecule has 0 aromatic heterocycles. The van der Waals surface area contributed by atoms with Gasteiger partial charge >= 0.3 is 0 Å². The summed E-state index contributed by atoms with van der Waals surface area (Å²) in [5.41, 5.74) is 2.92. The zero-order valence-corrected chi connectivity index (χ0v) is 11.6. The molecule has 90 valence electrons. The molecule has 0 radical (unpaired) electrons. The average Bonchev–Trinajstić information content (AvgIpc) is 2.45. The van der Waals surface area contributed by atoms with Gasteiger partial charge in [0.15, 0.2) is 0 Å². The van der Waals surface area contributed by atoms with E-state index < -0.39 is 0 Å². The molecule has 0 atom stereocenters. The summed E-state index contributed by atoms with van der Waals surface area (Å²) in [4.78, 5) is 0. The summed E-state index contributed by atoms with van der Waals surface area (Å²) in [6.45, 7) is 0. The first kappa shape index (κ1) is 13.1. The minimum atomic E-state index is 0.572. The number of benzene rings is 2. The Morgan fingerprint density at radius 1 is 1.05 bits per heavy atom. The molecule has 3 heteroatoms. The smallest absolute Gasteiger partial charge is 0.0998 e. The molecule has 0 bridgehead atoms. The lowest BCUT2D eigenvalue weighted by Crippen LogP contribution is -1.83. The summed E-state index contributed by atoms with van der Waals surface area (Å²) in [7, 11) is 0. The summed E-state index contributed by atoms with van der Waals surface area (Å²) in [6, 6.07) is 19.0. The lowest BCUT2D eigenvalue weighted by atomic mass is 10.0. The third-order valence-corrected chi connectivity index (χ3v) is 3.10. The highest BCUT2D eigenvalue weighted by Gasteiger charge is 2.01. The highest BCUT2D eigenvalue weighted by molar-refractivity contribution is 9.10. The Kier molecular flexibility index (Phi) is 4.13. The van der Waals surface area contributed by atoms with Crippen LogP contribution < -0.4 is 0 Å². The number of hydrogen-bond donors (Lipinski definition) is 0. The molecule has 0 amide bonds. The molecule has 0 N–H and O–H groups in total. The van der Waals surface area contributed by atoms with Crippen molar-refractivity contribution < 1.29 is 0 Å². The molecular formula is C16H9BrN2. The van der Waals surface area contributed by atoms with Gasteiger partial charge in [-0.2, -0.15) is 10.5 Å². The minimum Gasteiger partial charge on any atom is -0.192 e. The van der Waals surface area contributed by atoms with Crippen LogP contribution in [-0.4, -0.2) is 0 Å². The average molecular weight is 309 g/mol. The van der Waals surface area contributed by atoms with Crippen molar-refractivity contribution in [3.05, 3.63) is 69.7 Å². The van der Waals surface area contributed by atoms with Gasteiger partial charge in [0.05, 0.1) is 23.3 Å². The fourth-order valence-corrected chi connectivity index (χ4v) is 2.08. The number of nitrogens with zero attached hydrogens (tertiary/aromatic N) is 2. The molecule has 2 aromatic rings. The zero-order valence-electron chi connectivity index (χ0n) is 9.97. The zero-order chi connectivity index (χ0) is 13.7. The molecule has 0 fully saturated rings. The summed E-state index contributed by atoms with van der Waals surface area (Å²) in [5, 5.41) is 18.0. The van der Waals surface area contributed by atoms with Gasteiger partial charge in [-0.1, -0.05) is 40.2 Å². The Hall–Kier alpha value is -2.36. The second-order valence-corrected chi connectivity index (χ2v) is 4.83. The van der Waals surface area contributed by atoms with Gasteiger partial charge < -0.3 is 0 Å². The van der Waals surface area contributed by atoms with Crippen LogP contribution in [0.2, 0.25) is 0 Å². The van der Waals surface area contributed by atoms with Crippen molar-refractivity contribution in [1.82, 2.24) is 0 Å². The second-order valence-electron chi connectivity index (χ2n) is 3.91. The van der Waals surface area contributed by atoms with Crippen LogP contribution in [0.5, 0.6) is 0 Å². The van der Waals surface area contributed by atoms with Crippen LogP contribution in [0.15, 0.2) is 53.0 Å². The van der Waals surface area contributed by atoms with E-state index in [1.54, 1.807) is 24.3 Å². The standard InChI is InChI=1S/C16H9BrN2/c17-16-3-1-2-13(9-16)8-15(11-19)14-6-4-12(10-18)5-7-14/h1-9H/b15-8-.